The van der Waals surface area contributed by atoms with Crippen molar-refractivity contribution in [1.29, 1.82) is 0 Å². The van der Waals surface area contributed by atoms with E-state index < -0.39 is 30.1 Å². The van der Waals surface area contributed by atoms with Gasteiger partial charge in [-0.05, 0) is 30.3 Å². The van der Waals surface area contributed by atoms with E-state index in [0.717, 1.165) is 6.08 Å². The van der Waals surface area contributed by atoms with Gasteiger partial charge in [0.15, 0.2) is 6.61 Å². The molecule has 8 heteroatoms. The minimum Gasteiger partial charge on any atom is -0.454 e. The number of hydrogen-bond acceptors (Lipinski definition) is 5. The van der Waals surface area contributed by atoms with E-state index >= 15 is 0 Å². The summed E-state index contributed by atoms with van der Waals surface area (Å²) in [5.74, 6) is -2.60. The third-order valence-corrected chi connectivity index (χ3v) is 3.60. The first-order valence-corrected chi connectivity index (χ1v) is 8.58. The quantitative estimate of drug-likeness (QED) is 0.424. The Bertz CT molecular complexity index is 985. The summed E-state index contributed by atoms with van der Waals surface area (Å²) in [6.45, 7) is 2.02. The van der Waals surface area contributed by atoms with Crippen molar-refractivity contribution in [3.63, 3.8) is 0 Å². The van der Waals surface area contributed by atoms with Crippen molar-refractivity contribution in [3.05, 3.63) is 65.5 Å². The summed E-state index contributed by atoms with van der Waals surface area (Å²) in [5.41, 5.74) is 0.881. The lowest BCUT2D eigenvalue weighted by atomic mass is 10.1. The molecule has 0 saturated heterocycles. The average molecular weight is 398 g/mol. The number of anilines is 2. The Balaban J connectivity index is 2.07. The van der Waals surface area contributed by atoms with Crippen LogP contribution in [0.4, 0.5) is 15.8 Å². The van der Waals surface area contributed by atoms with Crippen molar-refractivity contribution in [2.24, 2.45) is 0 Å². The Hall–Kier alpha value is -3.81. The Morgan fingerprint density at radius 1 is 1.00 bits per heavy atom. The number of carbonyl (C=O) groups is 4. The van der Waals surface area contributed by atoms with Crippen LogP contribution in [0.2, 0.25) is 0 Å². The van der Waals surface area contributed by atoms with Crippen LogP contribution < -0.4 is 10.6 Å². The zero-order chi connectivity index (χ0) is 21.4. The van der Waals surface area contributed by atoms with Gasteiger partial charge in [0.2, 0.25) is 17.6 Å². The lowest BCUT2D eigenvalue weighted by molar-refractivity contribution is -0.136. The Labute approximate surface area is 166 Å². The molecule has 150 valence electrons. The summed E-state index contributed by atoms with van der Waals surface area (Å²) in [6, 6.07) is 10.2. The van der Waals surface area contributed by atoms with E-state index in [4.69, 9.17) is 4.74 Å². The number of carbonyl (C=O) groups excluding carboxylic acids is 4. The highest BCUT2D eigenvalue weighted by Gasteiger charge is 2.15. The molecule has 7 nitrogen and oxygen atoms in total. The fraction of sp³-hybridized carbons (Fsp3) is 0.143. The summed E-state index contributed by atoms with van der Waals surface area (Å²) in [5, 5.41) is 5.05. The smallest absolute Gasteiger partial charge is 0.331 e. The number of halogens is 1. The molecule has 2 aromatic carbocycles. The Kier molecular flexibility index (Phi) is 7.36. The van der Waals surface area contributed by atoms with Crippen LogP contribution in [-0.2, 0) is 19.1 Å². The topological polar surface area (TPSA) is 102 Å². The number of hydrogen-bond donors (Lipinski definition) is 2. The second-order valence-corrected chi connectivity index (χ2v) is 6.01. The number of Topliss-reactive ketones (excluding diaryl/α,β-unsaturated/α-hetero) is 1. The third kappa shape index (κ3) is 6.69. The van der Waals surface area contributed by atoms with E-state index in [1.165, 1.54) is 56.3 Å². The van der Waals surface area contributed by atoms with Crippen molar-refractivity contribution < 1.29 is 28.3 Å². The van der Waals surface area contributed by atoms with Gasteiger partial charge in [-0.25, -0.2) is 9.18 Å². The fourth-order valence-corrected chi connectivity index (χ4v) is 2.39. The van der Waals surface area contributed by atoms with Crippen LogP contribution in [0, 0.1) is 5.82 Å². The SMILES string of the molecule is CC(=O)Nc1ccc(C(=O)COC(=O)/C=C/c2ccccc2F)c(NC(C)=O)c1. The summed E-state index contributed by atoms with van der Waals surface area (Å²) in [6.07, 6.45) is 2.26. The number of nitrogens with one attached hydrogen (secondary N) is 2. The van der Waals surface area contributed by atoms with Crippen molar-refractivity contribution in [3.8, 4) is 0 Å². The zero-order valence-electron chi connectivity index (χ0n) is 15.8. The van der Waals surface area contributed by atoms with E-state index in [1.807, 2.05) is 0 Å². The van der Waals surface area contributed by atoms with Crippen LogP contribution >= 0.6 is 0 Å². The van der Waals surface area contributed by atoms with Gasteiger partial charge < -0.3 is 15.4 Å². The first-order chi connectivity index (χ1) is 13.8. The summed E-state index contributed by atoms with van der Waals surface area (Å²) in [4.78, 5) is 46.8. The van der Waals surface area contributed by atoms with Crippen LogP contribution in [0.1, 0.15) is 29.8 Å². The van der Waals surface area contributed by atoms with Gasteiger partial charge in [-0.15, -0.1) is 0 Å². The number of esters is 1. The molecular weight excluding hydrogens is 379 g/mol. The van der Waals surface area contributed by atoms with Crippen LogP contribution in [-0.4, -0.2) is 30.2 Å². The standard InChI is InChI=1S/C21H19FN2O5/c1-13(25)23-16-8-9-17(19(11-16)24-14(2)26)20(27)12-29-21(28)10-7-15-5-3-4-6-18(15)22/h3-11H,12H2,1-2H3,(H,23,25)(H,24,26)/b10-7+. The molecule has 0 aromatic heterocycles. The van der Waals surface area contributed by atoms with Gasteiger partial charge in [0, 0.05) is 36.7 Å². The minimum atomic E-state index is -0.822. The van der Waals surface area contributed by atoms with Crippen LogP contribution in [0.15, 0.2) is 48.5 Å². The molecule has 0 saturated carbocycles. The normalized spacial score (nSPS) is 10.4. The van der Waals surface area contributed by atoms with E-state index in [-0.39, 0.29) is 22.7 Å². The molecule has 0 fully saturated rings. The van der Waals surface area contributed by atoms with E-state index in [0.29, 0.717) is 5.69 Å². The molecule has 2 rings (SSSR count). The van der Waals surface area contributed by atoms with Gasteiger partial charge in [-0.2, -0.15) is 0 Å². The van der Waals surface area contributed by atoms with Gasteiger partial charge in [-0.3, -0.25) is 14.4 Å². The molecule has 0 heterocycles. The lowest BCUT2D eigenvalue weighted by Gasteiger charge is -2.12. The van der Waals surface area contributed by atoms with Crippen molar-refractivity contribution >= 4 is 41.0 Å². The Morgan fingerprint density at radius 2 is 1.69 bits per heavy atom. The number of ether oxygens (including phenoxy) is 1. The number of rotatable bonds is 7. The number of benzene rings is 2. The Morgan fingerprint density at radius 3 is 2.34 bits per heavy atom. The maximum Gasteiger partial charge on any atom is 0.331 e. The predicted octanol–water partition coefficient (Wildman–Crippen LogP) is 3.18. The summed E-state index contributed by atoms with van der Waals surface area (Å²) in [7, 11) is 0. The molecular formula is C21H19FN2O5. The highest BCUT2D eigenvalue weighted by Crippen LogP contribution is 2.22. The van der Waals surface area contributed by atoms with Gasteiger partial charge in [0.05, 0.1) is 5.69 Å². The largest absolute Gasteiger partial charge is 0.454 e. The predicted molar refractivity (Wildman–Crippen MR) is 106 cm³/mol. The zero-order valence-corrected chi connectivity index (χ0v) is 15.8. The van der Waals surface area contributed by atoms with Crippen molar-refractivity contribution in [1.82, 2.24) is 0 Å². The second kappa shape index (κ2) is 9.93. The highest BCUT2D eigenvalue weighted by atomic mass is 19.1. The van der Waals surface area contributed by atoms with Gasteiger partial charge >= 0.3 is 5.97 Å². The van der Waals surface area contributed by atoms with E-state index in [1.54, 1.807) is 6.07 Å². The number of amides is 2. The molecule has 0 unspecified atom stereocenters. The molecule has 0 spiro atoms. The third-order valence-electron chi connectivity index (χ3n) is 3.60. The first-order valence-electron chi connectivity index (χ1n) is 8.58. The van der Waals surface area contributed by atoms with Crippen molar-refractivity contribution in [2.45, 2.75) is 13.8 Å². The molecule has 0 radical (unpaired) electrons. The summed E-state index contributed by atoms with van der Waals surface area (Å²) < 4.78 is 18.4. The highest BCUT2D eigenvalue weighted by molar-refractivity contribution is 6.07. The molecule has 0 aliphatic carbocycles. The van der Waals surface area contributed by atoms with Crippen molar-refractivity contribution in [2.75, 3.05) is 17.2 Å². The van der Waals surface area contributed by atoms with Crippen LogP contribution in [0.5, 0.6) is 0 Å². The fourth-order valence-electron chi connectivity index (χ4n) is 2.39. The molecule has 2 amide bonds. The molecule has 0 aliphatic rings. The summed E-state index contributed by atoms with van der Waals surface area (Å²) >= 11 is 0. The molecule has 0 atom stereocenters. The first kappa shape index (κ1) is 21.5. The van der Waals surface area contributed by atoms with Gasteiger partial charge in [0.25, 0.3) is 0 Å². The lowest BCUT2D eigenvalue weighted by Crippen LogP contribution is -2.17. The van der Waals surface area contributed by atoms with E-state index in [9.17, 15) is 23.6 Å². The van der Waals surface area contributed by atoms with Crippen LogP contribution in [0.3, 0.4) is 0 Å². The van der Waals surface area contributed by atoms with Gasteiger partial charge in [0.1, 0.15) is 5.82 Å². The molecule has 0 aliphatic heterocycles. The maximum atomic E-state index is 13.5. The monoisotopic (exact) mass is 398 g/mol. The van der Waals surface area contributed by atoms with E-state index in [2.05, 4.69) is 10.6 Å². The molecule has 2 aromatic rings. The molecule has 0 bridgehead atoms. The van der Waals surface area contributed by atoms with Crippen LogP contribution in [0.25, 0.3) is 6.08 Å². The molecule has 2 N–H and O–H groups in total. The maximum absolute atomic E-state index is 13.5. The second-order valence-electron chi connectivity index (χ2n) is 6.01. The van der Waals surface area contributed by atoms with Gasteiger partial charge in [-0.1, -0.05) is 18.2 Å². The minimum absolute atomic E-state index is 0.111. The number of ketones is 1. The molecule has 29 heavy (non-hydrogen) atoms. The average Bonchev–Trinajstić information content (AvgIpc) is 2.64.